The number of aryl methyl sites for hydroxylation is 1. The van der Waals surface area contributed by atoms with Crippen LogP contribution in [0.15, 0.2) is 22.7 Å². The lowest BCUT2D eigenvalue weighted by Gasteiger charge is -2.05. The smallest absolute Gasteiger partial charge is 0.115 e. The van der Waals surface area contributed by atoms with Gasteiger partial charge in [-0.3, -0.25) is 0 Å². The Morgan fingerprint density at radius 1 is 1.31 bits per heavy atom. The topological polar surface area (TPSA) is 0 Å². The predicted molar refractivity (Wildman–Crippen MR) is 58.0 cm³/mol. The first-order chi connectivity index (χ1) is 6.27. The number of halogens is 3. The molecule has 0 heterocycles. The van der Waals surface area contributed by atoms with Crippen molar-refractivity contribution in [1.82, 2.24) is 0 Å². The van der Waals surface area contributed by atoms with Crippen LogP contribution in [0.3, 0.4) is 0 Å². The molecule has 0 N–H and O–H groups in total. The van der Waals surface area contributed by atoms with Gasteiger partial charge in [-0.1, -0.05) is 22.0 Å². The van der Waals surface area contributed by atoms with E-state index in [1.807, 2.05) is 18.2 Å². The van der Waals surface area contributed by atoms with Crippen LogP contribution >= 0.6 is 27.5 Å². The Labute approximate surface area is 91.2 Å². The van der Waals surface area contributed by atoms with Crippen LogP contribution < -0.4 is 0 Å². The Balaban J connectivity index is 2.81. The molecule has 3 heteroatoms. The maximum Gasteiger partial charge on any atom is 0.115 e. The van der Waals surface area contributed by atoms with E-state index in [0.29, 0.717) is 5.88 Å². The van der Waals surface area contributed by atoms with Crippen molar-refractivity contribution in [2.24, 2.45) is 0 Å². The lowest BCUT2D eigenvalue weighted by molar-refractivity contribution is 0.482. The average Bonchev–Trinajstić information content (AvgIpc) is 2.15. The fourth-order valence-electron chi connectivity index (χ4n) is 1.21. The van der Waals surface area contributed by atoms with Crippen molar-refractivity contribution in [2.75, 3.05) is 5.88 Å². The summed E-state index contributed by atoms with van der Waals surface area (Å²) in [4.78, 5) is 0. The summed E-state index contributed by atoms with van der Waals surface area (Å²) in [5.41, 5.74) is 1.82. The second-order valence-electron chi connectivity index (χ2n) is 2.84. The molecule has 72 valence electrons. The number of hydrogen-bond acceptors (Lipinski definition) is 0. The van der Waals surface area contributed by atoms with Gasteiger partial charge in [-0.15, -0.1) is 11.6 Å². The van der Waals surface area contributed by atoms with Gasteiger partial charge in [0.25, 0.3) is 0 Å². The van der Waals surface area contributed by atoms with Gasteiger partial charge in [0.05, 0.1) is 0 Å². The van der Waals surface area contributed by atoms with Crippen molar-refractivity contribution in [3.05, 3.63) is 33.8 Å². The van der Waals surface area contributed by atoms with Gasteiger partial charge < -0.3 is 0 Å². The van der Waals surface area contributed by atoms with Gasteiger partial charge >= 0.3 is 0 Å². The normalized spacial score (nSPS) is 10.4. The molecule has 0 aliphatic heterocycles. The van der Waals surface area contributed by atoms with Crippen LogP contribution in [-0.4, -0.2) is 5.88 Å². The second kappa shape index (κ2) is 5.61. The Bertz CT molecular complexity index is 276. The van der Waals surface area contributed by atoms with E-state index in [9.17, 15) is 4.39 Å². The molecule has 0 atom stereocenters. The summed E-state index contributed by atoms with van der Waals surface area (Å²) in [5, 5.41) is 0. The third-order valence-corrected chi connectivity index (χ3v) is 2.65. The maximum atomic E-state index is 12.5. The van der Waals surface area contributed by atoms with E-state index in [-0.39, 0.29) is 0 Å². The molecule has 1 aromatic carbocycles. The highest BCUT2D eigenvalue weighted by Crippen LogP contribution is 2.19. The zero-order chi connectivity index (χ0) is 9.68. The molecule has 13 heavy (non-hydrogen) atoms. The molecule has 1 rings (SSSR count). The van der Waals surface area contributed by atoms with Gasteiger partial charge in [0, 0.05) is 10.4 Å². The third kappa shape index (κ3) is 3.28. The van der Waals surface area contributed by atoms with Crippen LogP contribution in [0.4, 0.5) is 4.39 Å². The minimum Gasteiger partial charge on any atom is -0.246 e. The van der Waals surface area contributed by atoms with E-state index >= 15 is 0 Å². The Hall–Kier alpha value is -0.0800. The first-order valence-corrected chi connectivity index (χ1v) is 5.50. The summed E-state index contributed by atoms with van der Waals surface area (Å²) in [6, 6.07) is 5.63. The summed E-state index contributed by atoms with van der Waals surface area (Å²) >= 11 is 8.94. The van der Waals surface area contributed by atoms with Crippen LogP contribution in [0.1, 0.15) is 17.5 Å². The van der Waals surface area contributed by atoms with Crippen LogP contribution in [0.5, 0.6) is 0 Å². The summed E-state index contributed by atoms with van der Waals surface area (Å²) in [6.45, 7) is -0.398. The molecule has 0 nitrogen and oxygen atoms in total. The Kier molecular flexibility index (Phi) is 4.74. The fraction of sp³-hybridized carbons (Fsp3) is 0.400. The standard InChI is InChI=1S/C10H11BrClF/c11-10-4-3-9(7-13)8(6-10)2-1-5-12/h3-4,6H,1-2,5,7H2. The van der Waals surface area contributed by atoms with Gasteiger partial charge in [-0.25, -0.2) is 4.39 Å². The summed E-state index contributed by atoms with van der Waals surface area (Å²) in [5.74, 6) is 0.623. The quantitative estimate of drug-likeness (QED) is 0.719. The molecule has 0 aliphatic carbocycles. The van der Waals surface area contributed by atoms with E-state index in [1.54, 1.807) is 0 Å². The van der Waals surface area contributed by atoms with Crippen LogP contribution in [0, 0.1) is 0 Å². The molecule has 0 fully saturated rings. The van der Waals surface area contributed by atoms with Gasteiger partial charge in [0.1, 0.15) is 6.67 Å². The molecule has 0 aliphatic rings. The summed E-state index contributed by atoms with van der Waals surface area (Å²) < 4.78 is 13.5. The van der Waals surface area contributed by atoms with Crippen LogP contribution in [0.25, 0.3) is 0 Å². The van der Waals surface area contributed by atoms with Crippen LogP contribution in [0.2, 0.25) is 0 Å². The second-order valence-corrected chi connectivity index (χ2v) is 4.13. The van der Waals surface area contributed by atoms with Crippen LogP contribution in [-0.2, 0) is 13.1 Å². The lowest BCUT2D eigenvalue weighted by atomic mass is 10.0. The van der Waals surface area contributed by atoms with Crippen molar-refractivity contribution < 1.29 is 4.39 Å². The number of alkyl halides is 2. The highest BCUT2D eigenvalue weighted by Gasteiger charge is 2.02. The number of hydrogen-bond donors (Lipinski definition) is 0. The molecule has 0 saturated heterocycles. The Morgan fingerprint density at radius 3 is 2.69 bits per heavy atom. The Morgan fingerprint density at radius 2 is 2.08 bits per heavy atom. The molecule has 0 radical (unpaired) electrons. The molecule has 0 saturated carbocycles. The molecule has 1 aromatic rings. The van der Waals surface area contributed by atoms with Crippen molar-refractivity contribution in [3.63, 3.8) is 0 Å². The van der Waals surface area contributed by atoms with E-state index in [2.05, 4.69) is 15.9 Å². The molecule has 0 unspecified atom stereocenters. The number of benzene rings is 1. The van der Waals surface area contributed by atoms with Crippen molar-refractivity contribution in [1.29, 1.82) is 0 Å². The first kappa shape index (κ1) is 11.0. The minimum atomic E-state index is -0.398. The highest BCUT2D eigenvalue weighted by atomic mass is 79.9. The van der Waals surface area contributed by atoms with Gasteiger partial charge in [0.15, 0.2) is 0 Å². The molecular weight excluding hydrogens is 254 g/mol. The monoisotopic (exact) mass is 264 g/mol. The van der Waals surface area contributed by atoms with E-state index < -0.39 is 6.67 Å². The SMILES string of the molecule is FCc1ccc(Br)cc1CCCCl. The molecule has 0 bridgehead atoms. The predicted octanol–water partition coefficient (Wildman–Crippen LogP) is 4.09. The van der Waals surface area contributed by atoms with Gasteiger partial charge in [-0.2, -0.15) is 0 Å². The molecular formula is C10H11BrClF. The summed E-state index contributed by atoms with van der Waals surface area (Å²) in [6.07, 6.45) is 1.74. The highest BCUT2D eigenvalue weighted by molar-refractivity contribution is 9.10. The maximum absolute atomic E-state index is 12.5. The zero-order valence-electron chi connectivity index (χ0n) is 7.19. The third-order valence-electron chi connectivity index (χ3n) is 1.89. The van der Waals surface area contributed by atoms with E-state index in [4.69, 9.17) is 11.6 Å². The number of rotatable bonds is 4. The largest absolute Gasteiger partial charge is 0.246 e. The van der Waals surface area contributed by atoms with Crippen molar-refractivity contribution >= 4 is 27.5 Å². The summed E-state index contributed by atoms with van der Waals surface area (Å²) in [7, 11) is 0. The molecule has 0 amide bonds. The van der Waals surface area contributed by atoms with E-state index in [1.165, 1.54) is 0 Å². The lowest BCUT2D eigenvalue weighted by Crippen LogP contribution is -1.93. The molecule has 0 spiro atoms. The van der Waals surface area contributed by atoms with Crippen molar-refractivity contribution in [3.8, 4) is 0 Å². The average molecular weight is 266 g/mol. The van der Waals surface area contributed by atoms with Gasteiger partial charge in [-0.05, 0) is 36.1 Å². The van der Waals surface area contributed by atoms with E-state index in [0.717, 1.165) is 28.4 Å². The zero-order valence-corrected chi connectivity index (χ0v) is 9.54. The fourth-order valence-corrected chi connectivity index (χ4v) is 1.76. The minimum absolute atomic E-state index is 0.398. The van der Waals surface area contributed by atoms with Gasteiger partial charge in [0.2, 0.25) is 0 Å². The van der Waals surface area contributed by atoms with Crippen molar-refractivity contribution in [2.45, 2.75) is 19.5 Å². The molecule has 0 aromatic heterocycles. The first-order valence-electron chi connectivity index (χ1n) is 4.17.